The lowest BCUT2D eigenvalue weighted by atomic mass is 9.83. The molecule has 0 heterocycles. The normalized spacial score (nSPS) is 20.0. The highest BCUT2D eigenvalue weighted by Gasteiger charge is 2.16. The van der Waals surface area contributed by atoms with Gasteiger partial charge in [0.15, 0.2) is 0 Å². The van der Waals surface area contributed by atoms with Crippen LogP contribution in [-0.4, -0.2) is 6.54 Å². The minimum absolute atomic E-state index is 0.756. The SMILES string of the molecule is CC1CCCc2ccc(CCCN)cc21. The first-order valence-corrected chi connectivity index (χ1v) is 6.13. The lowest BCUT2D eigenvalue weighted by molar-refractivity contribution is 0.589. The number of fused-ring (bicyclic) bond motifs is 1. The predicted molar refractivity (Wildman–Crippen MR) is 65.2 cm³/mol. The largest absolute Gasteiger partial charge is 0.330 e. The zero-order valence-corrected chi connectivity index (χ0v) is 9.63. The summed E-state index contributed by atoms with van der Waals surface area (Å²) in [7, 11) is 0. The Balaban J connectivity index is 2.19. The molecule has 2 rings (SSSR count). The molecule has 0 spiro atoms. The Morgan fingerprint density at radius 3 is 3.07 bits per heavy atom. The molecule has 1 atom stereocenters. The van der Waals surface area contributed by atoms with Gasteiger partial charge in [-0.25, -0.2) is 0 Å². The van der Waals surface area contributed by atoms with E-state index in [4.69, 9.17) is 5.73 Å². The summed E-state index contributed by atoms with van der Waals surface area (Å²) in [6.07, 6.45) is 6.23. The van der Waals surface area contributed by atoms with Gasteiger partial charge in [-0.3, -0.25) is 0 Å². The average Bonchev–Trinajstić information content (AvgIpc) is 2.27. The maximum atomic E-state index is 5.54. The molecule has 15 heavy (non-hydrogen) atoms. The van der Waals surface area contributed by atoms with Crippen molar-refractivity contribution in [3.8, 4) is 0 Å². The Kier molecular flexibility index (Phi) is 3.42. The summed E-state index contributed by atoms with van der Waals surface area (Å²) in [6, 6.07) is 7.03. The van der Waals surface area contributed by atoms with Crippen molar-refractivity contribution in [2.75, 3.05) is 6.54 Å². The number of benzene rings is 1. The molecule has 1 nitrogen and oxygen atoms in total. The molecular formula is C14H21N. The van der Waals surface area contributed by atoms with E-state index in [1.165, 1.54) is 24.8 Å². The molecule has 0 aliphatic heterocycles. The van der Waals surface area contributed by atoms with Crippen LogP contribution in [0, 0.1) is 0 Å². The standard InChI is InChI=1S/C14H21N/c1-11-4-2-6-13-8-7-12(5-3-9-15)10-14(11)13/h7-8,10-11H,2-6,9,15H2,1H3. The van der Waals surface area contributed by atoms with E-state index in [1.54, 1.807) is 11.1 Å². The van der Waals surface area contributed by atoms with E-state index in [1.807, 2.05) is 0 Å². The molecule has 2 N–H and O–H groups in total. The number of hydrogen-bond donors (Lipinski definition) is 1. The highest BCUT2D eigenvalue weighted by molar-refractivity contribution is 5.36. The van der Waals surface area contributed by atoms with Crippen molar-refractivity contribution < 1.29 is 0 Å². The summed E-state index contributed by atoms with van der Waals surface area (Å²) >= 11 is 0. The molecule has 0 bridgehead atoms. The van der Waals surface area contributed by atoms with Crippen LogP contribution >= 0.6 is 0 Å². The van der Waals surface area contributed by atoms with Crippen molar-refractivity contribution in [3.05, 3.63) is 34.9 Å². The number of nitrogens with two attached hydrogens (primary N) is 1. The molecular weight excluding hydrogens is 182 g/mol. The van der Waals surface area contributed by atoms with Crippen LogP contribution in [0.2, 0.25) is 0 Å². The molecule has 0 saturated heterocycles. The van der Waals surface area contributed by atoms with E-state index < -0.39 is 0 Å². The van der Waals surface area contributed by atoms with Gasteiger partial charge < -0.3 is 5.73 Å². The lowest BCUT2D eigenvalue weighted by Gasteiger charge is -2.23. The van der Waals surface area contributed by atoms with E-state index in [0.29, 0.717) is 0 Å². The zero-order chi connectivity index (χ0) is 10.7. The lowest BCUT2D eigenvalue weighted by Crippen LogP contribution is -2.08. The zero-order valence-electron chi connectivity index (χ0n) is 9.63. The Bertz CT molecular complexity index is 330. The number of rotatable bonds is 3. The molecule has 0 aromatic heterocycles. The molecule has 0 radical (unpaired) electrons. The van der Waals surface area contributed by atoms with Gasteiger partial charge >= 0.3 is 0 Å². The molecule has 0 saturated carbocycles. The first-order chi connectivity index (χ1) is 7.31. The number of aryl methyl sites for hydroxylation is 2. The first kappa shape index (κ1) is 10.7. The predicted octanol–water partition coefficient (Wildman–Crippen LogP) is 3.02. The fourth-order valence-corrected chi connectivity index (χ4v) is 2.55. The number of hydrogen-bond acceptors (Lipinski definition) is 1. The third-order valence-electron chi connectivity index (χ3n) is 3.49. The van der Waals surface area contributed by atoms with Gasteiger partial charge in [-0.1, -0.05) is 25.1 Å². The van der Waals surface area contributed by atoms with Crippen LogP contribution in [0.25, 0.3) is 0 Å². The third kappa shape index (κ3) is 2.40. The van der Waals surface area contributed by atoms with E-state index in [0.717, 1.165) is 25.3 Å². The fraction of sp³-hybridized carbons (Fsp3) is 0.571. The van der Waals surface area contributed by atoms with Gasteiger partial charge in [0.2, 0.25) is 0 Å². The van der Waals surface area contributed by atoms with Gasteiger partial charge in [-0.15, -0.1) is 0 Å². The quantitative estimate of drug-likeness (QED) is 0.803. The van der Waals surface area contributed by atoms with Gasteiger partial charge in [0.05, 0.1) is 0 Å². The molecule has 0 fully saturated rings. The summed E-state index contributed by atoms with van der Waals surface area (Å²) in [5.74, 6) is 0.756. The fourth-order valence-electron chi connectivity index (χ4n) is 2.55. The average molecular weight is 203 g/mol. The van der Waals surface area contributed by atoms with Crippen molar-refractivity contribution in [2.45, 2.75) is 44.9 Å². The summed E-state index contributed by atoms with van der Waals surface area (Å²) in [4.78, 5) is 0. The molecule has 0 amide bonds. The Morgan fingerprint density at radius 1 is 1.40 bits per heavy atom. The van der Waals surface area contributed by atoms with Gasteiger partial charge in [0.1, 0.15) is 0 Å². The van der Waals surface area contributed by atoms with Crippen molar-refractivity contribution in [3.63, 3.8) is 0 Å². The van der Waals surface area contributed by atoms with Gasteiger partial charge in [0, 0.05) is 0 Å². The first-order valence-electron chi connectivity index (χ1n) is 6.13. The molecule has 1 aromatic carbocycles. The minimum atomic E-state index is 0.756. The van der Waals surface area contributed by atoms with Crippen LogP contribution in [0.5, 0.6) is 0 Å². The van der Waals surface area contributed by atoms with Crippen molar-refractivity contribution >= 4 is 0 Å². The molecule has 1 aliphatic rings. The van der Waals surface area contributed by atoms with Crippen LogP contribution < -0.4 is 5.73 Å². The van der Waals surface area contributed by atoms with Crippen molar-refractivity contribution in [1.82, 2.24) is 0 Å². The van der Waals surface area contributed by atoms with Crippen LogP contribution in [0.3, 0.4) is 0 Å². The third-order valence-corrected chi connectivity index (χ3v) is 3.49. The molecule has 1 aliphatic carbocycles. The van der Waals surface area contributed by atoms with Gasteiger partial charge in [-0.05, 0) is 61.3 Å². The topological polar surface area (TPSA) is 26.0 Å². The summed E-state index contributed by atoms with van der Waals surface area (Å²) in [5.41, 5.74) is 10.2. The van der Waals surface area contributed by atoms with Crippen LogP contribution in [0.15, 0.2) is 18.2 Å². The molecule has 1 heteroatoms. The van der Waals surface area contributed by atoms with E-state index in [2.05, 4.69) is 25.1 Å². The Morgan fingerprint density at radius 2 is 2.27 bits per heavy atom. The molecule has 82 valence electrons. The summed E-state index contributed by atoms with van der Waals surface area (Å²) < 4.78 is 0. The smallest absolute Gasteiger partial charge is 0.00741 e. The molecule has 1 aromatic rings. The van der Waals surface area contributed by atoms with Crippen molar-refractivity contribution in [1.29, 1.82) is 0 Å². The van der Waals surface area contributed by atoms with Gasteiger partial charge in [-0.2, -0.15) is 0 Å². The Hall–Kier alpha value is -0.820. The highest BCUT2D eigenvalue weighted by Crippen LogP contribution is 2.31. The summed E-state index contributed by atoms with van der Waals surface area (Å²) in [6.45, 7) is 3.15. The maximum Gasteiger partial charge on any atom is -0.00741 e. The maximum absolute atomic E-state index is 5.54. The second-order valence-electron chi connectivity index (χ2n) is 4.72. The summed E-state index contributed by atoms with van der Waals surface area (Å²) in [5, 5.41) is 0. The van der Waals surface area contributed by atoms with E-state index in [-0.39, 0.29) is 0 Å². The highest BCUT2D eigenvalue weighted by atomic mass is 14.5. The van der Waals surface area contributed by atoms with Crippen molar-refractivity contribution in [2.24, 2.45) is 5.73 Å². The van der Waals surface area contributed by atoms with Gasteiger partial charge in [0.25, 0.3) is 0 Å². The monoisotopic (exact) mass is 203 g/mol. The van der Waals surface area contributed by atoms with E-state index in [9.17, 15) is 0 Å². The van der Waals surface area contributed by atoms with Crippen LogP contribution in [0.4, 0.5) is 0 Å². The van der Waals surface area contributed by atoms with E-state index >= 15 is 0 Å². The van der Waals surface area contributed by atoms with Crippen LogP contribution in [-0.2, 0) is 12.8 Å². The van der Waals surface area contributed by atoms with Crippen LogP contribution in [0.1, 0.15) is 48.8 Å². The second kappa shape index (κ2) is 4.80. The second-order valence-corrected chi connectivity index (χ2v) is 4.72. The Labute approximate surface area is 92.7 Å². The minimum Gasteiger partial charge on any atom is -0.330 e. The molecule has 1 unspecified atom stereocenters.